The Morgan fingerprint density at radius 2 is 1.56 bits per heavy atom. The second kappa shape index (κ2) is 6.50. The zero-order valence-electron chi connectivity index (χ0n) is 8.94. The first kappa shape index (κ1) is 14.9. The summed E-state index contributed by atoms with van der Waals surface area (Å²) in [4.78, 5) is 0. The highest BCUT2D eigenvalue weighted by atomic mass is 35.5. The number of rotatable bonds is 4. The summed E-state index contributed by atoms with van der Waals surface area (Å²) in [6.45, 7) is 0. The Bertz CT molecular complexity index is 314. The van der Waals surface area contributed by atoms with Crippen LogP contribution in [-0.4, -0.2) is 20.6 Å². The van der Waals surface area contributed by atoms with Crippen LogP contribution in [0.2, 0.25) is 0 Å². The van der Waals surface area contributed by atoms with E-state index >= 15 is 0 Å². The second-order valence-corrected chi connectivity index (χ2v) is 2.94. The first-order valence-corrected chi connectivity index (χ1v) is 4.36. The van der Waals surface area contributed by atoms with Gasteiger partial charge in [-0.2, -0.15) is 0 Å². The van der Waals surface area contributed by atoms with Gasteiger partial charge < -0.3 is 15.2 Å². The van der Waals surface area contributed by atoms with Gasteiger partial charge in [0.05, 0.1) is 25.8 Å². The van der Waals surface area contributed by atoms with E-state index in [1.165, 1.54) is 14.2 Å². The molecule has 0 saturated heterocycles. The van der Waals surface area contributed by atoms with Crippen LogP contribution in [0.4, 0.5) is 8.78 Å². The largest absolute Gasteiger partial charge is 0.496 e. The lowest BCUT2D eigenvalue weighted by Gasteiger charge is -2.17. The van der Waals surface area contributed by atoms with Crippen LogP contribution in [0.3, 0.4) is 0 Å². The molecule has 0 spiro atoms. The van der Waals surface area contributed by atoms with Gasteiger partial charge in [-0.25, -0.2) is 8.78 Å². The third-order valence-electron chi connectivity index (χ3n) is 2.07. The molecule has 0 bridgehead atoms. The van der Waals surface area contributed by atoms with Crippen molar-refractivity contribution in [1.29, 1.82) is 0 Å². The second-order valence-electron chi connectivity index (χ2n) is 2.94. The minimum absolute atomic E-state index is 0. The van der Waals surface area contributed by atoms with E-state index in [1.54, 1.807) is 18.2 Å². The molecule has 2 N–H and O–H groups in total. The SMILES string of the molecule is COc1cccc(OC)c1[C@@H](N)C(F)F.Cl. The zero-order chi connectivity index (χ0) is 11.4. The van der Waals surface area contributed by atoms with Crippen molar-refractivity contribution >= 4 is 12.4 Å². The van der Waals surface area contributed by atoms with Crippen LogP contribution < -0.4 is 15.2 Å². The van der Waals surface area contributed by atoms with Gasteiger partial charge in [0.25, 0.3) is 6.43 Å². The molecule has 1 aromatic rings. The summed E-state index contributed by atoms with van der Waals surface area (Å²) in [5, 5.41) is 0. The standard InChI is InChI=1S/C10H13F2NO2.ClH/c1-14-6-4-3-5-7(15-2)8(6)9(13)10(11)12;/h3-5,9-10H,13H2,1-2H3;1H/t9-;/m1./s1. The maximum atomic E-state index is 12.5. The molecule has 0 radical (unpaired) electrons. The number of halogens is 3. The van der Waals surface area contributed by atoms with Gasteiger partial charge in [0.2, 0.25) is 0 Å². The zero-order valence-corrected chi connectivity index (χ0v) is 9.76. The molecule has 0 fully saturated rings. The van der Waals surface area contributed by atoms with Crippen molar-refractivity contribution in [2.75, 3.05) is 14.2 Å². The van der Waals surface area contributed by atoms with Crippen molar-refractivity contribution in [3.8, 4) is 11.5 Å². The van der Waals surface area contributed by atoms with Crippen molar-refractivity contribution < 1.29 is 18.3 Å². The number of hydrogen-bond acceptors (Lipinski definition) is 3. The van der Waals surface area contributed by atoms with E-state index in [9.17, 15) is 8.78 Å². The Morgan fingerprint density at radius 1 is 1.12 bits per heavy atom. The molecule has 0 aromatic heterocycles. The first-order valence-electron chi connectivity index (χ1n) is 4.36. The molecule has 1 aromatic carbocycles. The van der Waals surface area contributed by atoms with E-state index in [0.29, 0.717) is 11.5 Å². The number of benzene rings is 1. The molecule has 0 aliphatic carbocycles. The van der Waals surface area contributed by atoms with E-state index in [4.69, 9.17) is 15.2 Å². The average molecular weight is 254 g/mol. The molecule has 0 heterocycles. The van der Waals surface area contributed by atoms with Crippen LogP contribution in [0.5, 0.6) is 11.5 Å². The average Bonchev–Trinajstić information content (AvgIpc) is 2.26. The molecule has 16 heavy (non-hydrogen) atoms. The number of methoxy groups -OCH3 is 2. The molecular formula is C10H14ClF2NO2. The van der Waals surface area contributed by atoms with E-state index in [0.717, 1.165) is 0 Å². The summed E-state index contributed by atoms with van der Waals surface area (Å²) in [7, 11) is 2.80. The molecule has 3 nitrogen and oxygen atoms in total. The van der Waals surface area contributed by atoms with Gasteiger partial charge >= 0.3 is 0 Å². The summed E-state index contributed by atoms with van der Waals surface area (Å²) in [6.07, 6.45) is -2.66. The molecule has 0 aliphatic heterocycles. The molecule has 6 heteroatoms. The Kier molecular flexibility index (Phi) is 6.06. The van der Waals surface area contributed by atoms with Crippen molar-refractivity contribution in [2.24, 2.45) is 5.73 Å². The quantitative estimate of drug-likeness (QED) is 0.896. The number of hydrogen-bond donors (Lipinski definition) is 1. The Labute approximate surface area is 98.9 Å². The van der Waals surface area contributed by atoms with E-state index in [1.807, 2.05) is 0 Å². The van der Waals surface area contributed by atoms with E-state index < -0.39 is 12.5 Å². The predicted molar refractivity (Wildman–Crippen MR) is 59.7 cm³/mol. The van der Waals surface area contributed by atoms with E-state index in [2.05, 4.69) is 0 Å². The van der Waals surface area contributed by atoms with Gasteiger partial charge in [0.1, 0.15) is 11.5 Å². The molecular weight excluding hydrogens is 240 g/mol. The lowest BCUT2D eigenvalue weighted by Crippen LogP contribution is -2.20. The fourth-order valence-electron chi connectivity index (χ4n) is 1.33. The number of ether oxygens (including phenoxy) is 2. The summed E-state index contributed by atoms with van der Waals surface area (Å²) in [6, 6.07) is 3.38. The molecule has 0 amide bonds. The summed E-state index contributed by atoms with van der Waals surface area (Å²) < 4.78 is 35.0. The summed E-state index contributed by atoms with van der Waals surface area (Å²) in [5.74, 6) is 0.615. The molecule has 0 unspecified atom stereocenters. The molecule has 0 aliphatic rings. The molecule has 1 atom stereocenters. The third-order valence-corrected chi connectivity index (χ3v) is 2.07. The highest BCUT2D eigenvalue weighted by Gasteiger charge is 2.24. The monoisotopic (exact) mass is 253 g/mol. The predicted octanol–water partition coefficient (Wildman–Crippen LogP) is 2.39. The minimum Gasteiger partial charge on any atom is -0.496 e. The van der Waals surface area contributed by atoms with Crippen molar-refractivity contribution in [1.82, 2.24) is 0 Å². The lowest BCUT2D eigenvalue weighted by atomic mass is 10.1. The Balaban J connectivity index is 0.00000225. The Morgan fingerprint density at radius 3 is 1.88 bits per heavy atom. The van der Waals surface area contributed by atoms with Gasteiger partial charge in [0, 0.05) is 0 Å². The molecule has 0 saturated carbocycles. The number of alkyl halides is 2. The smallest absolute Gasteiger partial charge is 0.257 e. The van der Waals surface area contributed by atoms with Crippen LogP contribution in [0.25, 0.3) is 0 Å². The van der Waals surface area contributed by atoms with Crippen LogP contribution in [0.15, 0.2) is 18.2 Å². The topological polar surface area (TPSA) is 44.5 Å². The molecule has 92 valence electrons. The van der Waals surface area contributed by atoms with Gasteiger partial charge in [-0.05, 0) is 12.1 Å². The minimum atomic E-state index is -2.66. The first-order chi connectivity index (χ1) is 7.11. The van der Waals surface area contributed by atoms with Gasteiger partial charge in [-0.1, -0.05) is 6.07 Å². The van der Waals surface area contributed by atoms with Crippen LogP contribution in [0.1, 0.15) is 11.6 Å². The van der Waals surface area contributed by atoms with Gasteiger partial charge in [-0.3, -0.25) is 0 Å². The third kappa shape index (κ3) is 2.96. The van der Waals surface area contributed by atoms with Crippen LogP contribution in [-0.2, 0) is 0 Å². The van der Waals surface area contributed by atoms with Crippen LogP contribution in [0, 0.1) is 0 Å². The van der Waals surface area contributed by atoms with Crippen LogP contribution >= 0.6 is 12.4 Å². The van der Waals surface area contributed by atoms with Gasteiger partial charge in [0.15, 0.2) is 0 Å². The van der Waals surface area contributed by atoms with Crippen molar-refractivity contribution in [3.05, 3.63) is 23.8 Å². The molecule has 1 rings (SSSR count). The summed E-state index contributed by atoms with van der Waals surface area (Å²) >= 11 is 0. The normalized spacial score (nSPS) is 11.9. The fraction of sp³-hybridized carbons (Fsp3) is 0.400. The maximum absolute atomic E-state index is 12.5. The summed E-state index contributed by atoms with van der Waals surface area (Å²) in [5.41, 5.74) is 5.57. The lowest BCUT2D eigenvalue weighted by molar-refractivity contribution is 0.113. The van der Waals surface area contributed by atoms with Crippen molar-refractivity contribution in [3.63, 3.8) is 0 Å². The van der Waals surface area contributed by atoms with E-state index in [-0.39, 0.29) is 18.0 Å². The maximum Gasteiger partial charge on any atom is 0.257 e. The highest BCUT2D eigenvalue weighted by Crippen LogP contribution is 2.35. The number of nitrogens with two attached hydrogens (primary N) is 1. The highest BCUT2D eigenvalue weighted by molar-refractivity contribution is 5.85. The Hall–Kier alpha value is -1.07. The van der Waals surface area contributed by atoms with Crippen molar-refractivity contribution in [2.45, 2.75) is 12.5 Å². The fourth-order valence-corrected chi connectivity index (χ4v) is 1.33. The van der Waals surface area contributed by atoms with Gasteiger partial charge in [-0.15, -0.1) is 12.4 Å².